The first-order chi connectivity index (χ1) is 13.1. The lowest BCUT2D eigenvalue weighted by Gasteiger charge is -2.34. The van der Waals surface area contributed by atoms with Gasteiger partial charge in [0.2, 0.25) is 5.56 Å². The summed E-state index contributed by atoms with van der Waals surface area (Å²) in [4.78, 5) is 29.2. The molecule has 0 radical (unpaired) electrons. The number of hydrogen-bond acceptors (Lipinski definition) is 5. The summed E-state index contributed by atoms with van der Waals surface area (Å²) in [5, 5.41) is 13.1. The van der Waals surface area contributed by atoms with Crippen LogP contribution in [0.2, 0.25) is 0 Å². The normalized spacial score (nSPS) is 16.9. The molecule has 2 heterocycles. The lowest BCUT2D eigenvalue weighted by atomic mass is 10.0. The number of ketones is 1. The zero-order valence-electron chi connectivity index (χ0n) is 14.6. The van der Waals surface area contributed by atoms with E-state index in [0.29, 0.717) is 24.2 Å². The first-order valence-electron chi connectivity index (χ1n) is 8.80. The second-order valence-electron chi connectivity index (χ2n) is 6.60. The Morgan fingerprint density at radius 2 is 1.93 bits per heavy atom. The average Bonchev–Trinajstić information content (AvgIpc) is 2.73. The van der Waals surface area contributed by atoms with Gasteiger partial charge in [-0.25, -0.2) is 0 Å². The number of nitriles is 1. The number of aromatic amines is 1. The van der Waals surface area contributed by atoms with E-state index in [2.05, 4.69) is 21.3 Å². The van der Waals surface area contributed by atoms with Crippen LogP contribution in [0, 0.1) is 11.3 Å². The maximum atomic E-state index is 12.8. The van der Waals surface area contributed by atoms with Crippen molar-refractivity contribution in [2.24, 2.45) is 0 Å². The van der Waals surface area contributed by atoms with Crippen LogP contribution in [0.1, 0.15) is 15.9 Å². The molecule has 2 N–H and O–H groups in total. The standard InChI is InChI=1S/C21H18N4O2/c22-12-14-1-3-15(4-2-14)21(27)19-13-25(10-9-23-19)17-6-7-18-16(11-17)5-8-20(26)24-18/h1-8,11,19,23H,9-10,13H2,(H,24,26). The molecule has 1 aliphatic heterocycles. The van der Waals surface area contributed by atoms with Gasteiger partial charge in [-0.05, 0) is 36.4 Å². The Morgan fingerprint density at radius 1 is 1.11 bits per heavy atom. The molecule has 0 bridgehead atoms. The number of aromatic nitrogens is 1. The van der Waals surface area contributed by atoms with Crippen molar-refractivity contribution in [1.82, 2.24) is 10.3 Å². The fourth-order valence-corrected chi connectivity index (χ4v) is 3.41. The monoisotopic (exact) mass is 358 g/mol. The van der Waals surface area contributed by atoms with E-state index in [4.69, 9.17) is 5.26 Å². The summed E-state index contributed by atoms with van der Waals surface area (Å²) in [6.07, 6.45) is 0. The summed E-state index contributed by atoms with van der Waals surface area (Å²) in [5.74, 6) is 0.0225. The summed E-state index contributed by atoms with van der Waals surface area (Å²) in [6, 6.07) is 17.7. The topological polar surface area (TPSA) is 89.0 Å². The minimum Gasteiger partial charge on any atom is -0.368 e. The largest absolute Gasteiger partial charge is 0.368 e. The van der Waals surface area contributed by atoms with Crippen LogP contribution in [0.15, 0.2) is 59.4 Å². The molecular formula is C21H18N4O2. The van der Waals surface area contributed by atoms with E-state index in [1.54, 1.807) is 30.3 Å². The number of carbonyl (C=O) groups excluding carboxylic acids is 1. The molecule has 3 aromatic rings. The van der Waals surface area contributed by atoms with Crippen molar-refractivity contribution in [2.75, 3.05) is 24.5 Å². The van der Waals surface area contributed by atoms with Gasteiger partial charge in [0, 0.05) is 47.9 Å². The third kappa shape index (κ3) is 3.46. The Balaban J connectivity index is 1.55. The number of hydrogen-bond donors (Lipinski definition) is 2. The zero-order chi connectivity index (χ0) is 18.8. The first kappa shape index (κ1) is 17.0. The van der Waals surface area contributed by atoms with Crippen LogP contribution in [0.5, 0.6) is 0 Å². The number of fused-ring (bicyclic) bond motifs is 1. The van der Waals surface area contributed by atoms with Crippen LogP contribution in [-0.2, 0) is 0 Å². The Kier molecular flexibility index (Phi) is 4.45. The predicted octanol–water partition coefficient (Wildman–Crippen LogP) is 2.06. The third-order valence-corrected chi connectivity index (χ3v) is 4.86. The Labute approximate surface area is 156 Å². The van der Waals surface area contributed by atoms with Crippen LogP contribution in [0.25, 0.3) is 10.9 Å². The van der Waals surface area contributed by atoms with Crippen molar-refractivity contribution in [1.29, 1.82) is 5.26 Å². The number of pyridine rings is 1. The predicted molar refractivity (Wildman–Crippen MR) is 104 cm³/mol. The molecule has 1 aromatic heterocycles. The molecule has 27 heavy (non-hydrogen) atoms. The number of piperazine rings is 1. The summed E-state index contributed by atoms with van der Waals surface area (Å²) in [7, 11) is 0. The van der Waals surface area contributed by atoms with Gasteiger partial charge in [-0.3, -0.25) is 9.59 Å². The van der Waals surface area contributed by atoms with E-state index in [9.17, 15) is 9.59 Å². The van der Waals surface area contributed by atoms with Gasteiger partial charge in [-0.1, -0.05) is 12.1 Å². The van der Waals surface area contributed by atoms with E-state index >= 15 is 0 Å². The lowest BCUT2D eigenvalue weighted by Crippen LogP contribution is -2.54. The van der Waals surface area contributed by atoms with E-state index in [1.807, 2.05) is 18.2 Å². The van der Waals surface area contributed by atoms with Crippen molar-refractivity contribution in [3.63, 3.8) is 0 Å². The zero-order valence-corrected chi connectivity index (χ0v) is 14.6. The number of nitrogens with one attached hydrogen (secondary N) is 2. The highest BCUT2D eigenvalue weighted by Crippen LogP contribution is 2.22. The Bertz CT molecular complexity index is 1100. The third-order valence-electron chi connectivity index (χ3n) is 4.86. The fraction of sp³-hybridized carbons (Fsp3) is 0.190. The molecule has 134 valence electrons. The van der Waals surface area contributed by atoms with Crippen molar-refractivity contribution in [3.8, 4) is 6.07 Å². The molecule has 2 aromatic carbocycles. The molecule has 1 unspecified atom stereocenters. The number of carbonyl (C=O) groups is 1. The molecule has 0 saturated carbocycles. The highest BCUT2D eigenvalue weighted by Gasteiger charge is 2.26. The summed E-state index contributed by atoms with van der Waals surface area (Å²) in [6.45, 7) is 2.07. The van der Waals surface area contributed by atoms with E-state index in [-0.39, 0.29) is 17.4 Å². The van der Waals surface area contributed by atoms with Gasteiger partial charge < -0.3 is 15.2 Å². The number of H-pyrrole nitrogens is 1. The maximum Gasteiger partial charge on any atom is 0.248 e. The van der Waals surface area contributed by atoms with E-state index in [0.717, 1.165) is 23.1 Å². The maximum absolute atomic E-state index is 12.8. The number of rotatable bonds is 3. The molecule has 6 heteroatoms. The summed E-state index contributed by atoms with van der Waals surface area (Å²) < 4.78 is 0. The van der Waals surface area contributed by atoms with Gasteiger partial charge in [0.05, 0.1) is 17.7 Å². The molecule has 0 aliphatic carbocycles. The first-order valence-corrected chi connectivity index (χ1v) is 8.80. The van der Waals surface area contributed by atoms with Crippen molar-refractivity contribution < 1.29 is 4.79 Å². The quantitative estimate of drug-likeness (QED) is 0.700. The van der Waals surface area contributed by atoms with E-state index in [1.165, 1.54) is 6.07 Å². The Hall–Kier alpha value is -3.43. The van der Waals surface area contributed by atoms with Gasteiger partial charge in [0.1, 0.15) is 0 Å². The van der Waals surface area contributed by atoms with Gasteiger partial charge in [-0.2, -0.15) is 5.26 Å². The summed E-state index contributed by atoms with van der Waals surface area (Å²) >= 11 is 0. The molecule has 1 saturated heterocycles. The van der Waals surface area contributed by atoms with Gasteiger partial charge in [0.25, 0.3) is 0 Å². The molecule has 1 aliphatic rings. The van der Waals surface area contributed by atoms with Gasteiger partial charge >= 0.3 is 0 Å². The van der Waals surface area contributed by atoms with Crippen molar-refractivity contribution in [2.45, 2.75) is 6.04 Å². The number of anilines is 1. The van der Waals surface area contributed by atoms with E-state index < -0.39 is 0 Å². The van der Waals surface area contributed by atoms with Crippen molar-refractivity contribution >= 4 is 22.4 Å². The van der Waals surface area contributed by atoms with Crippen LogP contribution in [0.3, 0.4) is 0 Å². The van der Waals surface area contributed by atoms with Gasteiger partial charge in [-0.15, -0.1) is 0 Å². The molecule has 1 fully saturated rings. The number of Topliss-reactive ketones (excluding diaryl/α,β-unsaturated/α-hetero) is 1. The average molecular weight is 358 g/mol. The molecule has 4 rings (SSSR count). The molecular weight excluding hydrogens is 340 g/mol. The molecule has 0 amide bonds. The number of benzene rings is 2. The molecule has 1 atom stereocenters. The minimum absolute atomic E-state index is 0.0225. The van der Waals surface area contributed by atoms with Gasteiger partial charge in [0.15, 0.2) is 5.78 Å². The smallest absolute Gasteiger partial charge is 0.248 e. The second kappa shape index (κ2) is 7.06. The van der Waals surface area contributed by atoms with Crippen LogP contribution in [-0.4, -0.2) is 36.4 Å². The second-order valence-corrected chi connectivity index (χ2v) is 6.60. The highest BCUT2D eigenvalue weighted by atomic mass is 16.1. The molecule has 0 spiro atoms. The lowest BCUT2D eigenvalue weighted by molar-refractivity contribution is 0.0940. The Morgan fingerprint density at radius 3 is 2.70 bits per heavy atom. The summed E-state index contributed by atoms with van der Waals surface area (Å²) in [5.41, 5.74) is 2.84. The SMILES string of the molecule is N#Cc1ccc(C(=O)C2CN(c3ccc4[nH]c(=O)ccc4c3)CCN2)cc1. The van der Waals surface area contributed by atoms with Crippen LogP contribution >= 0.6 is 0 Å². The van der Waals surface area contributed by atoms with Crippen LogP contribution in [0.4, 0.5) is 5.69 Å². The number of nitrogens with zero attached hydrogens (tertiary/aromatic N) is 2. The highest BCUT2D eigenvalue weighted by molar-refractivity contribution is 6.00. The molecule has 6 nitrogen and oxygen atoms in total. The van der Waals surface area contributed by atoms with Crippen LogP contribution < -0.4 is 15.8 Å². The van der Waals surface area contributed by atoms with Crippen molar-refractivity contribution in [3.05, 3.63) is 76.1 Å². The fourth-order valence-electron chi connectivity index (χ4n) is 3.41. The minimum atomic E-state index is -0.307.